The summed E-state index contributed by atoms with van der Waals surface area (Å²) in [6.07, 6.45) is 8.82. The predicted molar refractivity (Wildman–Crippen MR) is 121 cm³/mol. The van der Waals surface area contributed by atoms with Gasteiger partial charge in [0.15, 0.2) is 0 Å². The van der Waals surface area contributed by atoms with Gasteiger partial charge in [0, 0.05) is 40.7 Å². The highest BCUT2D eigenvalue weighted by molar-refractivity contribution is 5.95. The van der Waals surface area contributed by atoms with Crippen LogP contribution in [0.1, 0.15) is 5.56 Å². The number of nitriles is 1. The van der Waals surface area contributed by atoms with Crippen molar-refractivity contribution in [1.82, 2.24) is 24.5 Å². The number of H-pyrrole nitrogens is 1. The smallest absolute Gasteiger partial charge is 0.227 e. The fraction of sp³-hybridized carbons (Fsp3) is 0.0833. The Morgan fingerprint density at radius 1 is 1.12 bits per heavy atom. The molecule has 156 valence electrons. The lowest BCUT2D eigenvalue weighted by Crippen LogP contribution is -2.06. The fourth-order valence-electron chi connectivity index (χ4n) is 3.45. The number of nitrogens with zero attached hydrogens (tertiary/aromatic N) is 5. The summed E-state index contributed by atoms with van der Waals surface area (Å²) in [5, 5.41) is 13.8. The second-order valence-electron chi connectivity index (χ2n) is 7.11. The zero-order valence-corrected chi connectivity index (χ0v) is 17.1. The number of ether oxygens (including phenoxy) is 1. The van der Waals surface area contributed by atoms with Gasteiger partial charge in [0.25, 0.3) is 0 Å². The molecule has 3 aromatic heterocycles. The van der Waals surface area contributed by atoms with E-state index in [0.29, 0.717) is 23.8 Å². The Labute approximate surface area is 184 Å². The van der Waals surface area contributed by atoms with Gasteiger partial charge in [0.2, 0.25) is 5.95 Å². The van der Waals surface area contributed by atoms with Gasteiger partial charge in [0.1, 0.15) is 18.4 Å². The van der Waals surface area contributed by atoms with E-state index in [-0.39, 0.29) is 0 Å². The van der Waals surface area contributed by atoms with Crippen molar-refractivity contribution in [2.75, 3.05) is 11.9 Å². The van der Waals surface area contributed by atoms with E-state index in [9.17, 15) is 5.26 Å². The first-order chi connectivity index (χ1) is 15.8. The molecule has 0 unspecified atom stereocenters. The molecule has 0 spiro atoms. The highest BCUT2D eigenvalue weighted by Gasteiger charge is 2.14. The quantitative estimate of drug-likeness (QED) is 0.400. The number of nitrogens with one attached hydrogen (secondary N) is 2. The van der Waals surface area contributed by atoms with Crippen molar-refractivity contribution in [3.63, 3.8) is 0 Å². The maximum atomic E-state index is 9.55. The third-order valence-corrected chi connectivity index (χ3v) is 5.04. The van der Waals surface area contributed by atoms with Crippen LogP contribution in [0.2, 0.25) is 0 Å². The minimum Gasteiger partial charge on any atom is -0.492 e. The molecule has 2 aromatic carbocycles. The van der Waals surface area contributed by atoms with E-state index >= 15 is 0 Å². The van der Waals surface area contributed by atoms with Gasteiger partial charge in [0.05, 0.1) is 30.3 Å². The van der Waals surface area contributed by atoms with Crippen LogP contribution in [0.5, 0.6) is 5.75 Å². The van der Waals surface area contributed by atoms with Gasteiger partial charge in [-0.05, 0) is 30.3 Å². The third-order valence-electron chi connectivity index (χ3n) is 5.04. The number of aromatic nitrogens is 5. The molecule has 0 saturated heterocycles. The summed E-state index contributed by atoms with van der Waals surface area (Å²) in [6, 6.07) is 17.7. The van der Waals surface area contributed by atoms with Crippen LogP contribution >= 0.6 is 0 Å². The Morgan fingerprint density at radius 3 is 2.81 bits per heavy atom. The van der Waals surface area contributed by atoms with E-state index in [2.05, 4.69) is 31.3 Å². The minimum atomic E-state index is 0.415. The lowest BCUT2D eigenvalue weighted by atomic mass is 10.1. The van der Waals surface area contributed by atoms with E-state index in [1.165, 1.54) is 0 Å². The summed E-state index contributed by atoms with van der Waals surface area (Å²) >= 11 is 0. The molecule has 0 atom stereocenters. The molecule has 0 saturated carbocycles. The molecule has 3 heterocycles. The van der Waals surface area contributed by atoms with E-state index in [4.69, 9.17) is 4.74 Å². The summed E-state index contributed by atoms with van der Waals surface area (Å²) in [6.45, 7) is 1.28. The summed E-state index contributed by atoms with van der Waals surface area (Å²) in [5.41, 5.74) is 3.68. The number of rotatable bonds is 7. The van der Waals surface area contributed by atoms with Crippen LogP contribution in [0.25, 0.3) is 22.2 Å². The van der Waals surface area contributed by atoms with Gasteiger partial charge in [-0.2, -0.15) is 5.26 Å². The van der Waals surface area contributed by atoms with Crippen molar-refractivity contribution >= 4 is 22.5 Å². The zero-order chi connectivity index (χ0) is 21.8. The molecule has 0 radical (unpaired) electrons. The molecule has 0 bridgehead atoms. The van der Waals surface area contributed by atoms with Crippen LogP contribution in [0.3, 0.4) is 0 Å². The molecule has 32 heavy (non-hydrogen) atoms. The average Bonchev–Trinajstić information content (AvgIpc) is 3.50. The first-order valence-electron chi connectivity index (χ1n) is 10.1. The standard InChI is InChI=1S/C24H19N7O/c25-13-17-14-28-24(30-23(17)21-15-27-22-4-2-1-3-20(21)22)29-18-5-7-19(8-6-18)32-12-11-31-10-9-26-16-31/h1-10,14-16,27H,11-12H2,(H,28,29,30). The highest BCUT2D eigenvalue weighted by atomic mass is 16.5. The first kappa shape index (κ1) is 19.3. The van der Waals surface area contributed by atoms with Crippen molar-refractivity contribution in [3.05, 3.63) is 85.2 Å². The molecular weight excluding hydrogens is 402 g/mol. The largest absolute Gasteiger partial charge is 0.492 e. The maximum absolute atomic E-state index is 9.55. The Hall–Kier alpha value is -4.64. The molecule has 0 amide bonds. The number of hydrogen-bond acceptors (Lipinski definition) is 6. The van der Waals surface area contributed by atoms with Crippen LogP contribution in [-0.2, 0) is 6.54 Å². The minimum absolute atomic E-state index is 0.415. The Morgan fingerprint density at radius 2 is 2.00 bits per heavy atom. The molecule has 5 rings (SSSR count). The number of hydrogen-bond donors (Lipinski definition) is 2. The Kier molecular flexibility index (Phi) is 5.20. The Bertz CT molecular complexity index is 1380. The maximum Gasteiger partial charge on any atom is 0.227 e. The van der Waals surface area contributed by atoms with Crippen LogP contribution in [0.4, 0.5) is 11.6 Å². The molecule has 0 aliphatic heterocycles. The normalized spacial score (nSPS) is 10.7. The first-order valence-corrected chi connectivity index (χ1v) is 10.1. The van der Waals surface area contributed by atoms with Crippen molar-refractivity contribution in [2.24, 2.45) is 0 Å². The van der Waals surface area contributed by atoms with Crippen molar-refractivity contribution in [2.45, 2.75) is 6.54 Å². The molecule has 0 aliphatic rings. The second-order valence-corrected chi connectivity index (χ2v) is 7.11. The monoisotopic (exact) mass is 421 g/mol. The topological polar surface area (TPSA) is 104 Å². The van der Waals surface area contributed by atoms with Crippen LogP contribution < -0.4 is 10.1 Å². The fourth-order valence-corrected chi connectivity index (χ4v) is 3.45. The van der Waals surface area contributed by atoms with Gasteiger partial charge in [-0.25, -0.2) is 15.0 Å². The molecule has 0 fully saturated rings. The van der Waals surface area contributed by atoms with Gasteiger partial charge >= 0.3 is 0 Å². The van der Waals surface area contributed by atoms with Crippen LogP contribution in [-0.4, -0.2) is 31.1 Å². The number of imidazole rings is 1. The van der Waals surface area contributed by atoms with E-state index < -0.39 is 0 Å². The number of fused-ring (bicyclic) bond motifs is 1. The number of para-hydroxylation sites is 1. The highest BCUT2D eigenvalue weighted by Crippen LogP contribution is 2.30. The van der Waals surface area contributed by atoms with Crippen LogP contribution in [0.15, 0.2) is 79.6 Å². The number of anilines is 2. The van der Waals surface area contributed by atoms with Crippen molar-refractivity contribution < 1.29 is 4.74 Å². The van der Waals surface area contributed by atoms with E-state index in [1.54, 1.807) is 18.7 Å². The number of aromatic amines is 1. The Balaban J connectivity index is 1.32. The molecule has 0 aliphatic carbocycles. The molecule has 8 heteroatoms. The number of benzene rings is 2. The van der Waals surface area contributed by atoms with Gasteiger partial charge < -0.3 is 19.6 Å². The zero-order valence-electron chi connectivity index (χ0n) is 17.1. The summed E-state index contributed by atoms with van der Waals surface area (Å²) in [7, 11) is 0. The van der Waals surface area contributed by atoms with E-state index in [1.807, 2.05) is 65.5 Å². The molecule has 8 nitrogen and oxygen atoms in total. The van der Waals surface area contributed by atoms with Gasteiger partial charge in [-0.15, -0.1) is 0 Å². The predicted octanol–water partition coefficient (Wildman–Crippen LogP) is 4.52. The summed E-state index contributed by atoms with van der Waals surface area (Å²) < 4.78 is 7.74. The molecular formula is C24H19N7O. The SMILES string of the molecule is N#Cc1cnc(Nc2ccc(OCCn3ccnc3)cc2)nc1-c1c[nH]c2ccccc12. The van der Waals surface area contributed by atoms with E-state index in [0.717, 1.165) is 34.4 Å². The van der Waals surface area contributed by atoms with Crippen molar-refractivity contribution in [1.29, 1.82) is 5.26 Å². The lowest BCUT2D eigenvalue weighted by molar-refractivity contribution is 0.298. The summed E-state index contributed by atoms with van der Waals surface area (Å²) in [5.74, 6) is 1.19. The van der Waals surface area contributed by atoms with Gasteiger partial charge in [-0.3, -0.25) is 0 Å². The average molecular weight is 421 g/mol. The summed E-state index contributed by atoms with van der Waals surface area (Å²) in [4.78, 5) is 16.2. The molecule has 2 N–H and O–H groups in total. The van der Waals surface area contributed by atoms with Crippen LogP contribution in [0, 0.1) is 11.3 Å². The second kappa shape index (κ2) is 8.62. The van der Waals surface area contributed by atoms with Crippen molar-refractivity contribution in [3.8, 4) is 23.1 Å². The van der Waals surface area contributed by atoms with Gasteiger partial charge in [-0.1, -0.05) is 18.2 Å². The molecule has 5 aromatic rings. The third kappa shape index (κ3) is 4.00. The lowest BCUT2D eigenvalue weighted by Gasteiger charge is -2.10.